The summed E-state index contributed by atoms with van der Waals surface area (Å²) in [6.07, 6.45) is 1.95. The molecule has 0 aliphatic carbocycles. The SMILES string of the molecule is CSc1nnc(SCC(=O)Nc2ccc(Cl)cc2)s1. The molecule has 4 nitrogen and oxygen atoms in total. The number of nitrogens with zero attached hydrogens (tertiary/aromatic N) is 2. The molecule has 1 aromatic heterocycles. The molecule has 8 heteroatoms. The topological polar surface area (TPSA) is 54.9 Å². The van der Waals surface area contributed by atoms with Crippen molar-refractivity contribution in [1.29, 1.82) is 0 Å². The molecule has 0 saturated carbocycles. The van der Waals surface area contributed by atoms with E-state index in [9.17, 15) is 4.79 Å². The highest BCUT2D eigenvalue weighted by molar-refractivity contribution is 8.03. The van der Waals surface area contributed by atoms with Crippen molar-refractivity contribution in [2.75, 3.05) is 17.3 Å². The molecule has 100 valence electrons. The molecule has 2 aromatic rings. The number of benzene rings is 1. The lowest BCUT2D eigenvalue weighted by atomic mass is 10.3. The Bertz CT molecular complexity index is 559. The summed E-state index contributed by atoms with van der Waals surface area (Å²) < 4.78 is 1.70. The third-order valence-corrected chi connectivity index (χ3v) is 5.30. The molecule has 1 heterocycles. The summed E-state index contributed by atoms with van der Waals surface area (Å²) in [6, 6.07) is 7.00. The molecule has 0 aliphatic heterocycles. The van der Waals surface area contributed by atoms with Crippen molar-refractivity contribution in [3.8, 4) is 0 Å². The Morgan fingerprint density at radius 2 is 2.00 bits per heavy atom. The molecule has 0 aliphatic rings. The van der Waals surface area contributed by atoms with E-state index in [4.69, 9.17) is 11.6 Å². The molecule has 2 rings (SSSR count). The van der Waals surface area contributed by atoms with Gasteiger partial charge in [0.2, 0.25) is 5.91 Å². The number of anilines is 1. The molecule has 1 aromatic carbocycles. The molecule has 1 N–H and O–H groups in total. The third-order valence-electron chi connectivity index (χ3n) is 2.02. The molecule has 0 fully saturated rings. The minimum absolute atomic E-state index is 0.0757. The van der Waals surface area contributed by atoms with Gasteiger partial charge in [-0.2, -0.15) is 0 Å². The van der Waals surface area contributed by atoms with Crippen LogP contribution in [0.15, 0.2) is 32.9 Å². The van der Waals surface area contributed by atoms with E-state index in [1.165, 1.54) is 23.1 Å². The van der Waals surface area contributed by atoms with Crippen LogP contribution in [-0.2, 0) is 4.79 Å². The standard InChI is InChI=1S/C11H10ClN3OS3/c1-17-10-14-15-11(19-10)18-6-9(16)13-8-4-2-7(12)3-5-8/h2-5H,6H2,1H3,(H,13,16). The molecule has 0 unspecified atom stereocenters. The van der Waals surface area contributed by atoms with Gasteiger partial charge in [-0.1, -0.05) is 46.5 Å². The fourth-order valence-corrected chi connectivity index (χ4v) is 3.56. The first-order valence-electron chi connectivity index (χ1n) is 5.23. The van der Waals surface area contributed by atoms with E-state index in [1.807, 2.05) is 6.26 Å². The maximum Gasteiger partial charge on any atom is 0.234 e. The quantitative estimate of drug-likeness (QED) is 0.848. The Balaban J connectivity index is 1.82. The summed E-state index contributed by atoms with van der Waals surface area (Å²) in [5.74, 6) is 0.235. The van der Waals surface area contributed by atoms with Crippen LogP contribution in [-0.4, -0.2) is 28.1 Å². The molecular weight excluding hydrogens is 322 g/mol. The second-order valence-electron chi connectivity index (χ2n) is 3.38. The van der Waals surface area contributed by atoms with Crippen LogP contribution in [0.5, 0.6) is 0 Å². The molecule has 19 heavy (non-hydrogen) atoms. The van der Waals surface area contributed by atoms with Gasteiger partial charge in [0.15, 0.2) is 8.68 Å². The summed E-state index contributed by atoms with van der Waals surface area (Å²) >= 11 is 10.2. The highest BCUT2D eigenvalue weighted by atomic mass is 35.5. The van der Waals surface area contributed by atoms with Gasteiger partial charge in [-0.15, -0.1) is 10.2 Å². The van der Waals surface area contributed by atoms with Crippen LogP contribution in [0.25, 0.3) is 0 Å². The van der Waals surface area contributed by atoms with Gasteiger partial charge >= 0.3 is 0 Å². The largest absolute Gasteiger partial charge is 0.325 e. The van der Waals surface area contributed by atoms with E-state index in [-0.39, 0.29) is 5.91 Å². The van der Waals surface area contributed by atoms with Crippen LogP contribution in [0.3, 0.4) is 0 Å². The first kappa shape index (κ1) is 14.6. The number of halogens is 1. The molecule has 0 atom stereocenters. The lowest BCUT2D eigenvalue weighted by Gasteiger charge is -2.03. The Labute approximate surface area is 128 Å². The predicted octanol–water partition coefficient (Wildman–Crippen LogP) is 3.64. The van der Waals surface area contributed by atoms with Gasteiger partial charge < -0.3 is 5.32 Å². The minimum Gasteiger partial charge on any atom is -0.325 e. The highest BCUT2D eigenvalue weighted by Crippen LogP contribution is 2.27. The van der Waals surface area contributed by atoms with Crippen molar-refractivity contribution in [3.63, 3.8) is 0 Å². The number of aromatic nitrogens is 2. The second-order valence-corrected chi connectivity index (χ2v) is 7.07. The van der Waals surface area contributed by atoms with Gasteiger partial charge in [0.1, 0.15) is 0 Å². The fraction of sp³-hybridized carbons (Fsp3) is 0.182. The number of amides is 1. The monoisotopic (exact) mass is 331 g/mol. The molecule has 0 spiro atoms. The van der Waals surface area contributed by atoms with Crippen LogP contribution in [0, 0.1) is 0 Å². The van der Waals surface area contributed by atoms with Crippen molar-refractivity contribution in [3.05, 3.63) is 29.3 Å². The minimum atomic E-state index is -0.0757. The van der Waals surface area contributed by atoms with Crippen molar-refractivity contribution < 1.29 is 4.79 Å². The first-order valence-corrected chi connectivity index (χ1v) is 8.63. The Hall–Kier alpha value is -0.760. The number of rotatable bonds is 5. The van der Waals surface area contributed by atoms with E-state index in [0.29, 0.717) is 10.8 Å². The average molecular weight is 332 g/mol. The molecule has 0 bridgehead atoms. The maximum absolute atomic E-state index is 11.7. The van der Waals surface area contributed by atoms with Crippen LogP contribution >= 0.6 is 46.5 Å². The molecule has 0 saturated heterocycles. The molecule has 0 radical (unpaired) electrons. The lowest BCUT2D eigenvalue weighted by molar-refractivity contribution is -0.113. The van der Waals surface area contributed by atoms with Crippen LogP contribution < -0.4 is 5.32 Å². The number of hydrogen-bond donors (Lipinski definition) is 1. The lowest BCUT2D eigenvalue weighted by Crippen LogP contribution is -2.13. The van der Waals surface area contributed by atoms with Gasteiger partial charge in [-0.05, 0) is 30.5 Å². The van der Waals surface area contributed by atoms with Crippen molar-refractivity contribution in [2.24, 2.45) is 0 Å². The van der Waals surface area contributed by atoms with E-state index in [1.54, 1.807) is 36.0 Å². The van der Waals surface area contributed by atoms with Crippen molar-refractivity contribution >= 4 is 58.1 Å². The number of thioether (sulfide) groups is 2. The summed E-state index contributed by atoms with van der Waals surface area (Å²) in [5.41, 5.74) is 0.733. The van der Waals surface area contributed by atoms with Gasteiger partial charge in [0.25, 0.3) is 0 Å². The molecule has 1 amide bonds. The summed E-state index contributed by atoms with van der Waals surface area (Å²) in [7, 11) is 0. The normalized spacial score (nSPS) is 10.4. The van der Waals surface area contributed by atoms with E-state index in [2.05, 4.69) is 15.5 Å². The Morgan fingerprint density at radius 1 is 1.32 bits per heavy atom. The third kappa shape index (κ3) is 4.68. The number of nitrogens with one attached hydrogen (secondary N) is 1. The fourth-order valence-electron chi connectivity index (χ4n) is 1.20. The van der Waals surface area contributed by atoms with E-state index >= 15 is 0 Å². The zero-order valence-electron chi connectivity index (χ0n) is 9.92. The van der Waals surface area contributed by atoms with Gasteiger partial charge in [0.05, 0.1) is 5.75 Å². The maximum atomic E-state index is 11.7. The second kappa shape index (κ2) is 7.14. The van der Waals surface area contributed by atoms with E-state index in [0.717, 1.165) is 14.4 Å². The highest BCUT2D eigenvalue weighted by Gasteiger charge is 2.08. The van der Waals surface area contributed by atoms with E-state index < -0.39 is 0 Å². The average Bonchev–Trinajstić information content (AvgIpc) is 2.87. The summed E-state index contributed by atoms with van der Waals surface area (Å²) in [4.78, 5) is 11.7. The Morgan fingerprint density at radius 3 is 2.63 bits per heavy atom. The predicted molar refractivity (Wildman–Crippen MR) is 82.5 cm³/mol. The first-order chi connectivity index (χ1) is 9.17. The smallest absolute Gasteiger partial charge is 0.234 e. The summed E-state index contributed by atoms with van der Waals surface area (Å²) in [6.45, 7) is 0. The van der Waals surface area contributed by atoms with Gasteiger partial charge in [-0.25, -0.2) is 0 Å². The molecular formula is C11H10ClN3OS3. The Kier molecular flexibility index (Phi) is 5.50. The van der Waals surface area contributed by atoms with Gasteiger partial charge in [-0.3, -0.25) is 4.79 Å². The summed E-state index contributed by atoms with van der Waals surface area (Å²) in [5, 5.41) is 11.4. The number of carbonyl (C=O) groups excluding carboxylic acids is 1. The number of hydrogen-bond acceptors (Lipinski definition) is 6. The number of carbonyl (C=O) groups is 1. The van der Waals surface area contributed by atoms with Gasteiger partial charge in [0, 0.05) is 10.7 Å². The van der Waals surface area contributed by atoms with Crippen LogP contribution in [0.1, 0.15) is 0 Å². The zero-order valence-corrected chi connectivity index (χ0v) is 13.1. The zero-order chi connectivity index (χ0) is 13.7. The van der Waals surface area contributed by atoms with Crippen LogP contribution in [0.4, 0.5) is 5.69 Å². The van der Waals surface area contributed by atoms with Crippen molar-refractivity contribution in [2.45, 2.75) is 8.68 Å². The van der Waals surface area contributed by atoms with Crippen LogP contribution in [0.2, 0.25) is 5.02 Å². The van der Waals surface area contributed by atoms with Crippen molar-refractivity contribution in [1.82, 2.24) is 10.2 Å².